The molecule has 0 spiro atoms. The third kappa shape index (κ3) is 8.26. The maximum atomic E-state index is 13.3. The summed E-state index contributed by atoms with van der Waals surface area (Å²) in [6.45, 7) is 5.56. The molecule has 0 aliphatic heterocycles. The molecule has 0 amide bonds. The number of ketones is 3. The van der Waals surface area contributed by atoms with E-state index in [4.69, 9.17) is 4.74 Å². The maximum Gasteiger partial charge on any atom is 0.375 e. The fourth-order valence-electron chi connectivity index (χ4n) is 3.55. The van der Waals surface area contributed by atoms with Gasteiger partial charge in [-0.25, -0.2) is 4.79 Å². The molecule has 0 fully saturated rings. The Hall–Kier alpha value is -3.34. The number of carbonyl (C=O) groups excluding carboxylic acids is 4. The van der Waals surface area contributed by atoms with Gasteiger partial charge in [-0.05, 0) is 43.9 Å². The van der Waals surface area contributed by atoms with E-state index in [1.54, 1.807) is 26.0 Å². The molecule has 2 aromatic rings. The summed E-state index contributed by atoms with van der Waals surface area (Å²) >= 11 is 0. The first kappa shape index (κ1) is 25.9. The highest BCUT2D eigenvalue weighted by atomic mass is 16.5. The largest absolute Gasteiger partial charge is 0.460 e. The molecule has 2 rings (SSSR count). The lowest BCUT2D eigenvalue weighted by Gasteiger charge is -2.21. The average molecular weight is 449 g/mol. The van der Waals surface area contributed by atoms with Gasteiger partial charge in [0.2, 0.25) is 0 Å². The molecular formula is C28H32O5. The van der Waals surface area contributed by atoms with E-state index in [2.05, 4.69) is 0 Å². The molecule has 5 nitrogen and oxygen atoms in total. The van der Waals surface area contributed by atoms with Crippen molar-refractivity contribution in [2.45, 2.75) is 52.4 Å². The van der Waals surface area contributed by atoms with Gasteiger partial charge in [0.05, 0.1) is 12.5 Å². The standard InChI is InChI=1S/C28H32O5/c1-4-5-16-33-28(32)27(31)24(25(29)17-20(2)3)19-23(22-14-10-7-11-15-22)26(30)18-21-12-8-6-9-13-21/h6-15,17,23-24H,4-5,16,18-19H2,1-3H3/t23-,24+/m1/s1. The molecule has 0 radical (unpaired) electrons. The van der Waals surface area contributed by atoms with Crippen LogP contribution in [0.3, 0.4) is 0 Å². The normalized spacial score (nSPS) is 12.3. The average Bonchev–Trinajstić information content (AvgIpc) is 2.80. The fourth-order valence-corrected chi connectivity index (χ4v) is 3.55. The maximum absolute atomic E-state index is 13.3. The Morgan fingerprint density at radius 1 is 0.909 bits per heavy atom. The van der Waals surface area contributed by atoms with Crippen LogP contribution in [0, 0.1) is 5.92 Å². The topological polar surface area (TPSA) is 77.5 Å². The van der Waals surface area contributed by atoms with Crippen molar-refractivity contribution in [1.29, 1.82) is 0 Å². The van der Waals surface area contributed by atoms with Gasteiger partial charge < -0.3 is 4.74 Å². The lowest BCUT2D eigenvalue weighted by Crippen LogP contribution is -2.34. The molecule has 0 N–H and O–H groups in total. The number of unbranched alkanes of at least 4 members (excludes halogenated alkanes) is 1. The van der Waals surface area contributed by atoms with Crippen molar-refractivity contribution in [3.8, 4) is 0 Å². The van der Waals surface area contributed by atoms with E-state index in [0.717, 1.165) is 12.0 Å². The summed E-state index contributed by atoms with van der Waals surface area (Å²) in [5.74, 6) is -4.51. The minimum absolute atomic E-state index is 0.0833. The lowest BCUT2D eigenvalue weighted by molar-refractivity contribution is -0.157. The van der Waals surface area contributed by atoms with Crippen molar-refractivity contribution >= 4 is 23.3 Å². The highest BCUT2D eigenvalue weighted by Gasteiger charge is 2.36. The molecule has 0 saturated carbocycles. The van der Waals surface area contributed by atoms with Gasteiger partial charge in [-0.2, -0.15) is 0 Å². The van der Waals surface area contributed by atoms with Gasteiger partial charge in [0.1, 0.15) is 5.78 Å². The zero-order chi connectivity index (χ0) is 24.2. The van der Waals surface area contributed by atoms with Crippen LogP contribution in [0.15, 0.2) is 72.3 Å². The van der Waals surface area contributed by atoms with Crippen LogP contribution in [0.4, 0.5) is 0 Å². The number of hydrogen-bond acceptors (Lipinski definition) is 5. The van der Waals surface area contributed by atoms with Crippen LogP contribution < -0.4 is 0 Å². The van der Waals surface area contributed by atoms with Gasteiger partial charge in [0.25, 0.3) is 5.78 Å². The van der Waals surface area contributed by atoms with Crippen LogP contribution in [0.25, 0.3) is 0 Å². The van der Waals surface area contributed by atoms with Crippen LogP contribution in [-0.2, 0) is 30.3 Å². The smallest absolute Gasteiger partial charge is 0.375 e. The first-order chi connectivity index (χ1) is 15.8. The van der Waals surface area contributed by atoms with Crippen LogP contribution in [0.2, 0.25) is 0 Å². The Kier molecular flexibility index (Phi) is 10.4. The third-order valence-corrected chi connectivity index (χ3v) is 5.31. The quantitative estimate of drug-likeness (QED) is 0.141. The summed E-state index contributed by atoms with van der Waals surface area (Å²) in [5.41, 5.74) is 2.27. The van der Waals surface area contributed by atoms with E-state index in [1.807, 2.05) is 55.5 Å². The molecule has 0 bridgehead atoms. The molecule has 174 valence electrons. The first-order valence-corrected chi connectivity index (χ1v) is 11.3. The molecule has 0 saturated heterocycles. The summed E-state index contributed by atoms with van der Waals surface area (Å²) in [4.78, 5) is 51.7. The summed E-state index contributed by atoms with van der Waals surface area (Å²) < 4.78 is 5.08. The molecule has 5 heteroatoms. The molecule has 33 heavy (non-hydrogen) atoms. The number of ether oxygens (including phenoxy) is 1. The van der Waals surface area contributed by atoms with Gasteiger partial charge in [-0.1, -0.05) is 79.6 Å². The molecule has 2 aromatic carbocycles. The Morgan fingerprint density at radius 3 is 2.09 bits per heavy atom. The number of hydrogen-bond donors (Lipinski definition) is 0. The second kappa shape index (κ2) is 13.3. The van der Waals surface area contributed by atoms with E-state index >= 15 is 0 Å². The Bertz CT molecular complexity index is 972. The summed E-state index contributed by atoms with van der Waals surface area (Å²) in [6, 6.07) is 18.4. The van der Waals surface area contributed by atoms with Gasteiger partial charge >= 0.3 is 5.97 Å². The Morgan fingerprint density at radius 2 is 1.52 bits per heavy atom. The Labute approximate surface area is 195 Å². The van der Waals surface area contributed by atoms with Crippen molar-refractivity contribution in [3.63, 3.8) is 0 Å². The minimum atomic E-state index is -1.28. The minimum Gasteiger partial charge on any atom is -0.460 e. The second-order valence-corrected chi connectivity index (χ2v) is 8.36. The van der Waals surface area contributed by atoms with Crippen molar-refractivity contribution in [3.05, 3.63) is 83.4 Å². The Balaban J connectivity index is 2.35. The lowest BCUT2D eigenvalue weighted by atomic mass is 9.80. The number of carbonyl (C=O) groups is 4. The molecule has 0 aliphatic rings. The van der Waals surface area contributed by atoms with Crippen LogP contribution in [0.1, 0.15) is 57.1 Å². The molecule has 2 atom stereocenters. The van der Waals surface area contributed by atoms with Crippen molar-refractivity contribution in [1.82, 2.24) is 0 Å². The predicted molar refractivity (Wildman–Crippen MR) is 128 cm³/mol. The summed E-state index contributed by atoms with van der Waals surface area (Å²) in [7, 11) is 0. The first-order valence-electron chi connectivity index (χ1n) is 11.3. The van der Waals surface area contributed by atoms with Crippen LogP contribution in [-0.4, -0.2) is 29.9 Å². The fraction of sp³-hybridized carbons (Fsp3) is 0.357. The highest BCUT2D eigenvalue weighted by molar-refractivity contribution is 6.39. The summed E-state index contributed by atoms with van der Waals surface area (Å²) in [5, 5.41) is 0. The zero-order valence-electron chi connectivity index (χ0n) is 19.6. The molecule has 0 aliphatic carbocycles. The number of Topliss-reactive ketones (excluding diaryl/α,β-unsaturated/α-hetero) is 2. The zero-order valence-corrected chi connectivity index (χ0v) is 19.6. The molecule has 0 aromatic heterocycles. The van der Waals surface area contributed by atoms with Gasteiger partial charge in [0, 0.05) is 12.3 Å². The number of esters is 1. The molecule has 0 unspecified atom stereocenters. The van der Waals surface area contributed by atoms with E-state index in [0.29, 0.717) is 17.6 Å². The van der Waals surface area contributed by atoms with Gasteiger partial charge in [-0.3, -0.25) is 14.4 Å². The van der Waals surface area contributed by atoms with Crippen molar-refractivity contribution < 1.29 is 23.9 Å². The van der Waals surface area contributed by atoms with E-state index in [9.17, 15) is 19.2 Å². The SMILES string of the molecule is CCCCOC(=O)C(=O)[C@@H](C[C@@H](C(=O)Cc1ccccc1)c1ccccc1)C(=O)C=C(C)C. The molecular weight excluding hydrogens is 416 g/mol. The summed E-state index contributed by atoms with van der Waals surface area (Å²) in [6.07, 6.45) is 2.88. The van der Waals surface area contributed by atoms with E-state index < -0.39 is 29.4 Å². The van der Waals surface area contributed by atoms with Gasteiger partial charge in [-0.15, -0.1) is 0 Å². The van der Waals surface area contributed by atoms with Crippen molar-refractivity contribution in [2.75, 3.05) is 6.61 Å². The van der Waals surface area contributed by atoms with Crippen LogP contribution in [0.5, 0.6) is 0 Å². The second-order valence-electron chi connectivity index (χ2n) is 8.36. The van der Waals surface area contributed by atoms with E-state index in [-0.39, 0.29) is 25.2 Å². The number of benzene rings is 2. The number of allylic oxidation sites excluding steroid dienone is 2. The monoisotopic (exact) mass is 448 g/mol. The third-order valence-electron chi connectivity index (χ3n) is 5.31. The van der Waals surface area contributed by atoms with Crippen molar-refractivity contribution in [2.24, 2.45) is 5.92 Å². The highest BCUT2D eigenvalue weighted by Crippen LogP contribution is 2.28. The van der Waals surface area contributed by atoms with E-state index in [1.165, 1.54) is 6.08 Å². The molecule has 0 heterocycles. The number of rotatable bonds is 13. The van der Waals surface area contributed by atoms with Gasteiger partial charge in [0.15, 0.2) is 5.78 Å². The predicted octanol–water partition coefficient (Wildman–Crippen LogP) is 5.04. The van der Waals surface area contributed by atoms with Crippen LogP contribution >= 0.6 is 0 Å².